The zero-order valence-corrected chi connectivity index (χ0v) is 9.80. The van der Waals surface area contributed by atoms with Crippen LogP contribution in [0.4, 0.5) is 4.79 Å². The van der Waals surface area contributed by atoms with Gasteiger partial charge in [-0.2, -0.15) is 0 Å². The Kier molecular flexibility index (Phi) is 6.86. The molecule has 0 radical (unpaired) electrons. The van der Waals surface area contributed by atoms with Gasteiger partial charge >= 0.3 is 18.0 Å². The van der Waals surface area contributed by atoms with Crippen LogP contribution in [-0.2, 0) is 14.4 Å². The molecule has 18 heavy (non-hydrogen) atoms. The van der Waals surface area contributed by atoms with Crippen LogP contribution in [0, 0.1) is 0 Å². The van der Waals surface area contributed by atoms with Crippen LogP contribution in [0.1, 0.15) is 6.42 Å². The van der Waals surface area contributed by atoms with E-state index in [0.717, 1.165) is 0 Å². The van der Waals surface area contributed by atoms with Gasteiger partial charge in [-0.1, -0.05) is 0 Å². The highest BCUT2D eigenvalue weighted by Gasteiger charge is 2.19. The number of hydrogen-bond acceptors (Lipinski definition) is 4. The Morgan fingerprint density at radius 1 is 1.06 bits per heavy atom. The number of rotatable bonds is 7. The quantitative estimate of drug-likeness (QED) is 0.431. The summed E-state index contributed by atoms with van der Waals surface area (Å²) >= 11 is 0. The van der Waals surface area contributed by atoms with Gasteiger partial charge in [0.15, 0.2) is 0 Å². The summed E-state index contributed by atoms with van der Waals surface area (Å²) < 4.78 is 0. The molecule has 0 aromatic carbocycles. The van der Waals surface area contributed by atoms with Gasteiger partial charge in [0.2, 0.25) is 5.91 Å². The maximum Gasteiger partial charge on any atom is 0.323 e. The van der Waals surface area contributed by atoms with Crippen LogP contribution in [0.25, 0.3) is 0 Å². The lowest BCUT2D eigenvalue weighted by atomic mass is 10.4. The van der Waals surface area contributed by atoms with E-state index in [2.05, 4.69) is 10.6 Å². The first-order valence-corrected chi connectivity index (χ1v) is 5.03. The number of hydrogen-bond donors (Lipinski definition) is 4. The molecule has 9 heteroatoms. The van der Waals surface area contributed by atoms with Gasteiger partial charge in [0.05, 0.1) is 0 Å². The van der Waals surface area contributed by atoms with Crippen molar-refractivity contribution < 1.29 is 29.4 Å². The molecule has 0 saturated carbocycles. The van der Waals surface area contributed by atoms with Crippen LogP contribution in [0.5, 0.6) is 0 Å². The number of nitrogens with one attached hydrogen (secondary N) is 2. The number of carbonyl (C=O) groups excluding carboxylic acids is 2. The van der Waals surface area contributed by atoms with E-state index in [9.17, 15) is 19.2 Å². The maximum absolute atomic E-state index is 11.4. The van der Waals surface area contributed by atoms with Gasteiger partial charge in [0.25, 0.3) is 0 Å². The van der Waals surface area contributed by atoms with E-state index in [1.54, 1.807) is 0 Å². The number of amides is 3. The Morgan fingerprint density at radius 3 is 1.94 bits per heavy atom. The molecule has 0 spiro atoms. The minimum atomic E-state index is -1.32. The largest absolute Gasteiger partial charge is 0.480 e. The lowest BCUT2D eigenvalue weighted by Crippen LogP contribution is -2.46. The maximum atomic E-state index is 11.4. The molecular weight excluding hydrogens is 246 g/mol. The molecule has 4 N–H and O–H groups in total. The Balaban J connectivity index is 4.24. The molecule has 0 aliphatic rings. The monoisotopic (exact) mass is 261 g/mol. The van der Waals surface area contributed by atoms with Crippen LogP contribution in [0.3, 0.4) is 0 Å². The summed E-state index contributed by atoms with van der Waals surface area (Å²) in [7, 11) is 1.44. The van der Waals surface area contributed by atoms with Gasteiger partial charge in [-0.25, -0.2) is 4.79 Å². The number of urea groups is 1. The summed E-state index contributed by atoms with van der Waals surface area (Å²) in [6, 6.07) is -0.844. The van der Waals surface area contributed by atoms with Crippen molar-refractivity contribution in [3.8, 4) is 0 Å². The Labute approximate surface area is 103 Å². The number of nitrogens with zero attached hydrogens (tertiary/aromatic N) is 1. The molecule has 0 aromatic heterocycles. The predicted molar refractivity (Wildman–Crippen MR) is 58.9 cm³/mol. The molecule has 0 aliphatic heterocycles. The topological polar surface area (TPSA) is 136 Å². The van der Waals surface area contributed by atoms with E-state index in [4.69, 9.17) is 10.2 Å². The number of carboxylic acids is 2. The fourth-order valence-electron chi connectivity index (χ4n) is 1.05. The summed E-state index contributed by atoms with van der Waals surface area (Å²) in [5.74, 6) is -2.94. The van der Waals surface area contributed by atoms with Gasteiger partial charge in [-0.05, 0) is 0 Å². The molecule has 3 amide bonds. The zero-order chi connectivity index (χ0) is 14.1. The lowest BCUT2D eigenvalue weighted by molar-refractivity contribution is -0.140. The van der Waals surface area contributed by atoms with Crippen molar-refractivity contribution in [1.82, 2.24) is 15.5 Å². The molecule has 0 atom stereocenters. The first kappa shape index (κ1) is 15.7. The van der Waals surface area contributed by atoms with Crippen molar-refractivity contribution in [2.75, 3.05) is 26.7 Å². The summed E-state index contributed by atoms with van der Waals surface area (Å²) in [5.41, 5.74) is 0. The number of carboxylic acid groups (broad SMARTS) is 2. The first-order valence-electron chi connectivity index (χ1n) is 5.03. The second-order valence-corrected chi connectivity index (χ2v) is 3.30. The molecule has 0 saturated heterocycles. The van der Waals surface area contributed by atoms with E-state index in [0.29, 0.717) is 4.90 Å². The molecule has 0 bridgehead atoms. The molecule has 0 aliphatic carbocycles. The van der Waals surface area contributed by atoms with Gasteiger partial charge < -0.3 is 25.7 Å². The second kappa shape index (κ2) is 7.87. The summed E-state index contributed by atoms with van der Waals surface area (Å²) in [6.45, 7) is -1.45. The van der Waals surface area contributed by atoms with Crippen LogP contribution in [0.15, 0.2) is 0 Å². The minimum absolute atomic E-state index is 0.00571. The minimum Gasteiger partial charge on any atom is -0.480 e. The fraction of sp³-hybridized carbons (Fsp3) is 0.556. The summed E-state index contributed by atoms with van der Waals surface area (Å²) in [4.78, 5) is 43.8. The van der Waals surface area contributed by atoms with Crippen molar-refractivity contribution in [2.24, 2.45) is 0 Å². The average molecular weight is 261 g/mol. The third-order valence-electron chi connectivity index (χ3n) is 1.85. The molecule has 0 rings (SSSR count). The van der Waals surface area contributed by atoms with Crippen molar-refractivity contribution >= 4 is 23.9 Å². The van der Waals surface area contributed by atoms with Gasteiger partial charge in [-0.3, -0.25) is 14.4 Å². The van der Waals surface area contributed by atoms with E-state index < -0.39 is 31.1 Å². The van der Waals surface area contributed by atoms with Crippen LogP contribution >= 0.6 is 0 Å². The zero-order valence-electron chi connectivity index (χ0n) is 9.80. The number of aliphatic carboxylic acids is 2. The van der Waals surface area contributed by atoms with E-state index >= 15 is 0 Å². The molecule has 0 unspecified atom stereocenters. The lowest BCUT2D eigenvalue weighted by Gasteiger charge is -2.18. The Morgan fingerprint density at radius 2 is 1.56 bits per heavy atom. The normalized spacial score (nSPS) is 9.39. The third kappa shape index (κ3) is 7.04. The molecule has 102 valence electrons. The highest BCUT2D eigenvalue weighted by molar-refractivity contribution is 5.84. The predicted octanol–water partition coefficient (Wildman–Crippen LogP) is -1.70. The van der Waals surface area contributed by atoms with E-state index in [1.807, 2.05) is 0 Å². The van der Waals surface area contributed by atoms with Crippen molar-refractivity contribution in [3.63, 3.8) is 0 Å². The van der Waals surface area contributed by atoms with Crippen LogP contribution in [0.2, 0.25) is 0 Å². The SMILES string of the molecule is CNC(=O)CCNC(=O)N(CC(=O)O)CC(=O)O. The van der Waals surface area contributed by atoms with E-state index in [-0.39, 0.29) is 18.9 Å². The first-order chi connectivity index (χ1) is 8.36. The van der Waals surface area contributed by atoms with Crippen molar-refractivity contribution in [3.05, 3.63) is 0 Å². The standard InChI is InChI=1S/C9H15N3O6/c1-10-6(13)2-3-11-9(18)12(4-7(14)15)5-8(16)17/h2-5H2,1H3,(H,10,13)(H,11,18)(H,14,15)(H,16,17). The molecule has 0 heterocycles. The Bertz CT molecular complexity index is 327. The highest BCUT2D eigenvalue weighted by atomic mass is 16.4. The van der Waals surface area contributed by atoms with Gasteiger partial charge in [0, 0.05) is 20.0 Å². The summed E-state index contributed by atoms with van der Waals surface area (Å²) in [6.07, 6.45) is 0.0240. The van der Waals surface area contributed by atoms with Crippen molar-refractivity contribution in [2.45, 2.75) is 6.42 Å². The number of carbonyl (C=O) groups is 4. The van der Waals surface area contributed by atoms with Crippen molar-refractivity contribution in [1.29, 1.82) is 0 Å². The smallest absolute Gasteiger partial charge is 0.323 e. The third-order valence-corrected chi connectivity index (χ3v) is 1.85. The molecular formula is C9H15N3O6. The van der Waals surface area contributed by atoms with Gasteiger partial charge in [-0.15, -0.1) is 0 Å². The van der Waals surface area contributed by atoms with E-state index in [1.165, 1.54) is 7.05 Å². The van der Waals surface area contributed by atoms with Crippen LogP contribution < -0.4 is 10.6 Å². The summed E-state index contributed by atoms with van der Waals surface area (Å²) in [5, 5.41) is 21.6. The Hall–Kier alpha value is -2.32. The highest BCUT2D eigenvalue weighted by Crippen LogP contribution is 1.90. The average Bonchev–Trinajstić information content (AvgIpc) is 2.26. The van der Waals surface area contributed by atoms with Crippen LogP contribution in [-0.4, -0.2) is 65.7 Å². The van der Waals surface area contributed by atoms with Gasteiger partial charge in [0.1, 0.15) is 13.1 Å². The molecule has 9 nitrogen and oxygen atoms in total. The molecule has 0 fully saturated rings. The second-order valence-electron chi connectivity index (χ2n) is 3.30. The fourth-order valence-corrected chi connectivity index (χ4v) is 1.05. The molecule has 0 aromatic rings.